The van der Waals surface area contributed by atoms with Crippen LogP contribution >= 0.6 is 0 Å². The fourth-order valence-corrected chi connectivity index (χ4v) is 3.10. The number of para-hydroxylation sites is 1. The van der Waals surface area contributed by atoms with E-state index in [-0.39, 0.29) is 18.4 Å². The van der Waals surface area contributed by atoms with Gasteiger partial charge in [-0.1, -0.05) is 12.1 Å². The van der Waals surface area contributed by atoms with Crippen molar-refractivity contribution in [2.75, 3.05) is 51.1 Å². The van der Waals surface area contributed by atoms with Gasteiger partial charge in [0.2, 0.25) is 0 Å². The normalized spacial score (nSPS) is 13.1. The Morgan fingerprint density at radius 2 is 2.04 bits per heavy atom. The first-order chi connectivity index (χ1) is 13.5. The molecular weight excluding hydrogens is 358 g/mol. The Kier molecular flexibility index (Phi) is 6.16. The zero-order valence-electron chi connectivity index (χ0n) is 16.4. The molecule has 2 aromatic rings. The van der Waals surface area contributed by atoms with E-state index in [0.717, 1.165) is 13.0 Å². The lowest BCUT2D eigenvalue weighted by molar-refractivity contribution is -0.121. The van der Waals surface area contributed by atoms with Gasteiger partial charge in [0.25, 0.3) is 11.8 Å². The van der Waals surface area contributed by atoms with Crippen molar-refractivity contribution in [2.45, 2.75) is 6.42 Å². The number of carbonyl (C=O) groups is 2. The van der Waals surface area contributed by atoms with E-state index in [2.05, 4.69) is 10.2 Å². The molecule has 0 atom stereocenters. The summed E-state index contributed by atoms with van der Waals surface area (Å²) in [5.74, 6) is 0.778. The predicted octanol–water partition coefficient (Wildman–Crippen LogP) is 2.62. The minimum Gasteiger partial charge on any atom is -0.496 e. The number of hydrogen-bond acceptors (Lipinski definition) is 5. The molecule has 1 aliphatic rings. The van der Waals surface area contributed by atoms with E-state index in [1.807, 2.05) is 20.2 Å². The number of nitrogens with one attached hydrogen (secondary N) is 1. The van der Waals surface area contributed by atoms with Crippen molar-refractivity contribution in [3.8, 4) is 11.5 Å². The molecule has 7 nitrogen and oxygen atoms in total. The summed E-state index contributed by atoms with van der Waals surface area (Å²) >= 11 is 0. The number of fused-ring (bicyclic) bond motifs is 1. The van der Waals surface area contributed by atoms with Crippen molar-refractivity contribution in [1.82, 2.24) is 4.90 Å². The molecule has 28 heavy (non-hydrogen) atoms. The van der Waals surface area contributed by atoms with Crippen LogP contribution in [0.1, 0.15) is 16.8 Å². The third-order valence-electron chi connectivity index (χ3n) is 4.50. The largest absolute Gasteiger partial charge is 0.496 e. The quantitative estimate of drug-likeness (QED) is 0.796. The molecule has 0 fully saturated rings. The highest BCUT2D eigenvalue weighted by molar-refractivity contribution is 6.07. The van der Waals surface area contributed by atoms with Crippen LogP contribution in [0.5, 0.6) is 11.5 Å². The van der Waals surface area contributed by atoms with Crippen molar-refractivity contribution in [3.63, 3.8) is 0 Å². The highest BCUT2D eigenvalue weighted by Gasteiger charge is 2.26. The molecule has 7 heteroatoms. The van der Waals surface area contributed by atoms with E-state index in [1.165, 1.54) is 7.11 Å². The maximum atomic E-state index is 12.6. The standard InChI is InChI=1S/C21H25N3O4/c1-23(2)11-6-12-24-17-13-15(9-10-19(17)28-14-20(24)25)22-21(26)16-7-4-5-8-18(16)27-3/h4-5,7-10,13H,6,11-12,14H2,1-3H3,(H,22,26). The topological polar surface area (TPSA) is 71.1 Å². The summed E-state index contributed by atoms with van der Waals surface area (Å²) < 4.78 is 10.8. The fourth-order valence-electron chi connectivity index (χ4n) is 3.10. The number of carbonyl (C=O) groups excluding carboxylic acids is 2. The Balaban J connectivity index is 1.80. The molecule has 0 saturated heterocycles. The van der Waals surface area contributed by atoms with Crippen LogP contribution in [0.3, 0.4) is 0 Å². The molecule has 1 aliphatic heterocycles. The van der Waals surface area contributed by atoms with Gasteiger partial charge in [0.15, 0.2) is 6.61 Å². The van der Waals surface area contributed by atoms with Gasteiger partial charge in [0.1, 0.15) is 11.5 Å². The number of benzene rings is 2. The van der Waals surface area contributed by atoms with Gasteiger partial charge < -0.3 is 24.6 Å². The SMILES string of the molecule is COc1ccccc1C(=O)Nc1ccc2c(c1)N(CCCN(C)C)C(=O)CO2. The molecule has 2 amide bonds. The molecule has 0 aromatic heterocycles. The van der Waals surface area contributed by atoms with E-state index >= 15 is 0 Å². The third-order valence-corrected chi connectivity index (χ3v) is 4.50. The number of methoxy groups -OCH3 is 1. The molecule has 3 rings (SSSR count). The van der Waals surface area contributed by atoms with Gasteiger partial charge in [-0.15, -0.1) is 0 Å². The Hall–Kier alpha value is -3.06. The van der Waals surface area contributed by atoms with Crippen LogP contribution in [-0.4, -0.2) is 57.6 Å². The smallest absolute Gasteiger partial charge is 0.265 e. The summed E-state index contributed by atoms with van der Waals surface area (Å²) in [6, 6.07) is 12.3. The molecule has 0 saturated carbocycles. The lowest BCUT2D eigenvalue weighted by Gasteiger charge is -2.30. The van der Waals surface area contributed by atoms with Crippen LogP contribution < -0.4 is 19.7 Å². The Morgan fingerprint density at radius 1 is 1.25 bits per heavy atom. The van der Waals surface area contributed by atoms with Gasteiger partial charge in [-0.25, -0.2) is 0 Å². The number of hydrogen-bond donors (Lipinski definition) is 1. The molecule has 0 unspecified atom stereocenters. The fraction of sp³-hybridized carbons (Fsp3) is 0.333. The van der Waals surface area contributed by atoms with Crippen molar-refractivity contribution in [3.05, 3.63) is 48.0 Å². The lowest BCUT2D eigenvalue weighted by atomic mass is 10.1. The highest BCUT2D eigenvalue weighted by Crippen LogP contribution is 2.35. The second-order valence-corrected chi connectivity index (χ2v) is 6.83. The van der Waals surface area contributed by atoms with Gasteiger partial charge in [-0.2, -0.15) is 0 Å². The van der Waals surface area contributed by atoms with Crippen LogP contribution in [-0.2, 0) is 4.79 Å². The van der Waals surface area contributed by atoms with Crippen molar-refractivity contribution < 1.29 is 19.1 Å². The zero-order chi connectivity index (χ0) is 20.1. The number of anilines is 2. The molecule has 2 aromatic carbocycles. The number of nitrogens with zero attached hydrogens (tertiary/aromatic N) is 2. The maximum absolute atomic E-state index is 12.6. The van der Waals surface area contributed by atoms with Crippen LogP contribution in [0, 0.1) is 0 Å². The molecule has 0 spiro atoms. The average molecular weight is 383 g/mol. The Morgan fingerprint density at radius 3 is 2.79 bits per heavy atom. The molecule has 0 radical (unpaired) electrons. The molecular formula is C21H25N3O4. The summed E-state index contributed by atoms with van der Waals surface area (Å²) in [6.45, 7) is 1.50. The molecule has 1 heterocycles. The number of amides is 2. The van der Waals surface area contributed by atoms with Crippen LogP contribution in [0.15, 0.2) is 42.5 Å². The first kappa shape index (κ1) is 19.7. The molecule has 148 valence electrons. The number of rotatable bonds is 7. The van der Waals surface area contributed by atoms with Crippen molar-refractivity contribution in [1.29, 1.82) is 0 Å². The molecule has 0 aliphatic carbocycles. The first-order valence-corrected chi connectivity index (χ1v) is 9.16. The minimum absolute atomic E-state index is 0.0296. The van der Waals surface area contributed by atoms with Crippen LogP contribution in [0.25, 0.3) is 0 Å². The molecule has 1 N–H and O–H groups in total. The van der Waals surface area contributed by atoms with Crippen molar-refractivity contribution in [2.24, 2.45) is 0 Å². The van der Waals surface area contributed by atoms with Gasteiger partial charge in [0, 0.05) is 12.2 Å². The first-order valence-electron chi connectivity index (χ1n) is 9.16. The van der Waals surface area contributed by atoms with Gasteiger partial charge in [-0.3, -0.25) is 9.59 Å². The minimum atomic E-state index is -0.278. The van der Waals surface area contributed by atoms with Crippen LogP contribution in [0.2, 0.25) is 0 Å². The van der Waals surface area contributed by atoms with Gasteiger partial charge >= 0.3 is 0 Å². The second kappa shape index (κ2) is 8.75. The summed E-state index contributed by atoms with van der Waals surface area (Å²) in [5, 5.41) is 2.87. The van der Waals surface area contributed by atoms with Gasteiger partial charge in [-0.05, 0) is 57.4 Å². The van der Waals surface area contributed by atoms with E-state index in [4.69, 9.17) is 9.47 Å². The zero-order valence-corrected chi connectivity index (χ0v) is 16.4. The Labute approximate surface area is 164 Å². The van der Waals surface area contributed by atoms with E-state index in [1.54, 1.807) is 41.3 Å². The van der Waals surface area contributed by atoms with E-state index < -0.39 is 0 Å². The molecule has 0 bridgehead atoms. The highest BCUT2D eigenvalue weighted by atomic mass is 16.5. The van der Waals surface area contributed by atoms with Crippen LogP contribution in [0.4, 0.5) is 11.4 Å². The predicted molar refractivity (Wildman–Crippen MR) is 108 cm³/mol. The van der Waals surface area contributed by atoms with Crippen molar-refractivity contribution >= 4 is 23.2 Å². The lowest BCUT2D eigenvalue weighted by Crippen LogP contribution is -2.40. The van der Waals surface area contributed by atoms with E-state index in [0.29, 0.717) is 35.0 Å². The van der Waals surface area contributed by atoms with E-state index in [9.17, 15) is 9.59 Å². The summed E-state index contributed by atoms with van der Waals surface area (Å²) in [4.78, 5) is 28.8. The average Bonchev–Trinajstić information content (AvgIpc) is 2.69. The van der Waals surface area contributed by atoms with Gasteiger partial charge in [0.05, 0.1) is 18.4 Å². The maximum Gasteiger partial charge on any atom is 0.265 e. The summed E-state index contributed by atoms with van der Waals surface area (Å²) in [5.41, 5.74) is 1.70. The second-order valence-electron chi connectivity index (χ2n) is 6.83. The summed E-state index contributed by atoms with van der Waals surface area (Å²) in [7, 11) is 5.53. The summed E-state index contributed by atoms with van der Waals surface area (Å²) in [6.07, 6.45) is 0.843. The monoisotopic (exact) mass is 383 g/mol. The Bertz CT molecular complexity index is 866. The third kappa shape index (κ3) is 4.43. The number of ether oxygens (including phenoxy) is 2.